The highest BCUT2D eigenvalue weighted by molar-refractivity contribution is 7.99. The Morgan fingerprint density at radius 2 is 2.14 bits per heavy atom. The van der Waals surface area contributed by atoms with Crippen molar-refractivity contribution in [2.75, 3.05) is 5.75 Å². The number of nitrogens with zero attached hydrogens (tertiary/aromatic N) is 1. The average Bonchev–Trinajstić information content (AvgIpc) is 3.00. The second-order valence-corrected chi connectivity index (χ2v) is 6.18. The molecule has 0 spiro atoms. The maximum Gasteiger partial charge on any atom is 0.325 e. The van der Waals surface area contributed by atoms with E-state index in [4.69, 9.17) is 5.11 Å². The van der Waals surface area contributed by atoms with Crippen molar-refractivity contribution >= 4 is 29.5 Å². The van der Waals surface area contributed by atoms with Crippen LogP contribution in [0.5, 0.6) is 0 Å². The molecule has 1 aromatic rings. The Kier molecular flexibility index (Phi) is 3.36. The summed E-state index contributed by atoms with van der Waals surface area (Å²) in [5, 5.41) is 11.1. The molecule has 0 bridgehead atoms. The van der Waals surface area contributed by atoms with Crippen molar-refractivity contribution < 1.29 is 19.5 Å². The Morgan fingerprint density at radius 3 is 2.86 bits per heavy atom. The molecule has 0 aromatic heterocycles. The third-order valence-electron chi connectivity index (χ3n) is 3.72. The first-order chi connectivity index (χ1) is 10.0. The Hall–Kier alpha value is -2.02. The summed E-state index contributed by atoms with van der Waals surface area (Å²) in [5.41, 5.74) is 1.55. The summed E-state index contributed by atoms with van der Waals surface area (Å²) in [7, 11) is 0. The number of carboxylic acid groups (broad SMARTS) is 1. The minimum Gasteiger partial charge on any atom is -0.480 e. The van der Waals surface area contributed by atoms with E-state index in [9.17, 15) is 14.4 Å². The highest BCUT2D eigenvalue weighted by Gasteiger charge is 2.48. The van der Waals surface area contributed by atoms with Crippen molar-refractivity contribution in [1.29, 1.82) is 0 Å². The van der Waals surface area contributed by atoms with E-state index in [0.29, 0.717) is 11.3 Å². The Balaban J connectivity index is 1.82. The third-order valence-corrected chi connectivity index (χ3v) is 5.03. The summed E-state index contributed by atoms with van der Waals surface area (Å²) in [6.45, 7) is 1.40. The van der Waals surface area contributed by atoms with Crippen molar-refractivity contribution in [2.24, 2.45) is 0 Å². The maximum absolute atomic E-state index is 12.4. The number of carboxylic acids is 1. The smallest absolute Gasteiger partial charge is 0.325 e. The molecule has 3 rings (SSSR count). The Morgan fingerprint density at radius 1 is 1.43 bits per heavy atom. The zero-order valence-corrected chi connectivity index (χ0v) is 12.1. The number of nitrogens with one attached hydrogen (secondary N) is 1. The van der Waals surface area contributed by atoms with Gasteiger partial charge in [0.05, 0.1) is 0 Å². The highest BCUT2D eigenvalue weighted by Crippen LogP contribution is 2.47. The van der Waals surface area contributed by atoms with Crippen LogP contribution in [0.25, 0.3) is 0 Å². The minimum absolute atomic E-state index is 0.149. The van der Waals surface area contributed by atoms with Gasteiger partial charge in [-0.05, 0) is 18.6 Å². The van der Waals surface area contributed by atoms with Crippen LogP contribution in [0.3, 0.4) is 0 Å². The number of hydrogen-bond acceptors (Lipinski definition) is 4. The van der Waals surface area contributed by atoms with E-state index in [2.05, 4.69) is 5.32 Å². The molecule has 1 saturated heterocycles. The van der Waals surface area contributed by atoms with Crippen molar-refractivity contribution in [3.63, 3.8) is 0 Å². The molecule has 110 valence electrons. The Bertz CT molecular complexity index is 633. The summed E-state index contributed by atoms with van der Waals surface area (Å²) in [6, 6.07) is 5.72. The van der Waals surface area contributed by atoms with Gasteiger partial charge in [-0.25, -0.2) is 0 Å². The maximum atomic E-state index is 12.4. The van der Waals surface area contributed by atoms with Crippen LogP contribution in [0.4, 0.5) is 0 Å². The summed E-state index contributed by atoms with van der Waals surface area (Å²) in [4.78, 5) is 37.0. The van der Waals surface area contributed by atoms with Crippen molar-refractivity contribution in [2.45, 2.75) is 24.4 Å². The molecule has 7 heteroatoms. The standard InChI is InChI=1S/C14H14N2O4S/c1-7(14(19)20)15-11(17)10-6-21-13-9-5-3-2-4-8(9)12(18)16(10)13/h2-5,7,10,13H,6H2,1H3,(H,15,17)(H,19,20)/t7-,10-,13+/m0/s1. The normalized spacial score (nSPS) is 24.4. The van der Waals surface area contributed by atoms with Gasteiger partial charge in [0, 0.05) is 11.3 Å². The van der Waals surface area contributed by atoms with Crippen LogP contribution in [-0.2, 0) is 9.59 Å². The molecule has 0 saturated carbocycles. The fourth-order valence-corrected chi connectivity index (χ4v) is 4.08. The molecule has 2 amide bonds. The summed E-state index contributed by atoms with van der Waals surface area (Å²) in [5.74, 6) is -1.20. The third kappa shape index (κ3) is 2.17. The minimum atomic E-state index is -1.10. The van der Waals surface area contributed by atoms with Crippen molar-refractivity contribution in [1.82, 2.24) is 10.2 Å². The van der Waals surface area contributed by atoms with Crippen LogP contribution < -0.4 is 5.32 Å². The van der Waals surface area contributed by atoms with Crippen LogP contribution in [0.2, 0.25) is 0 Å². The second kappa shape index (κ2) is 5.07. The number of thioether (sulfide) groups is 1. The van der Waals surface area contributed by atoms with Gasteiger partial charge in [-0.3, -0.25) is 14.4 Å². The largest absolute Gasteiger partial charge is 0.480 e. The van der Waals surface area contributed by atoms with Crippen LogP contribution in [0.15, 0.2) is 24.3 Å². The average molecular weight is 306 g/mol. The van der Waals surface area contributed by atoms with Gasteiger partial charge in [-0.2, -0.15) is 0 Å². The van der Waals surface area contributed by atoms with E-state index in [1.54, 1.807) is 17.0 Å². The van der Waals surface area contributed by atoms with Crippen LogP contribution in [-0.4, -0.2) is 45.6 Å². The first-order valence-corrected chi connectivity index (χ1v) is 7.62. The van der Waals surface area contributed by atoms with E-state index in [1.807, 2.05) is 12.1 Å². The first kappa shape index (κ1) is 13.9. The van der Waals surface area contributed by atoms with Crippen LogP contribution >= 0.6 is 11.8 Å². The molecular weight excluding hydrogens is 292 g/mol. The lowest BCUT2D eigenvalue weighted by atomic mass is 10.1. The summed E-state index contributed by atoms with van der Waals surface area (Å²) in [6.07, 6.45) is 0. The molecule has 21 heavy (non-hydrogen) atoms. The molecule has 0 unspecified atom stereocenters. The molecule has 2 heterocycles. The molecule has 6 nitrogen and oxygen atoms in total. The van der Waals surface area contributed by atoms with Crippen LogP contribution in [0, 0.1) is 0 Å². The Labute approximate surface area is 125 Å². The number of rotatable bonds is 3. The second-order valence-electron chi connectivity index (χ2n) is 5.07. The number of hydrogen-bond donors (Lipinski definition) is 2. The van der Waals surface area contributed by atoms with Gasteiger partial charge in [0.1, 0.15) is 17.5 Å². The topological polar surface area (TPSA) is 86.7 Å². The number of aliphatic carboxylic acids is 1. The van der Waals surface area contributed by atoms with Gasteiger partial charge >= 0.3 is 5.97 Å². The number of carbonyl (C=O) groups excluding carboxylic acids is 2. The fraction of sp³-hybridized carbons (Fsp3) is 0.357. The van der Waals surface area contributed by atoms with Crippen LogP contribution in [0.1, 0.15) is 28.2 Å². The number of fused-ring (bicyclic) bond motifs is 3. The lowest BCUT2D eigenvalue weighted by Gasteiger charge is -2.23. The molecule has 2 aliphatic rings. The van der Waals surface area contributed by atoms with Gasteiger partial charge < -0.3 is 15.3 Å². The zero-order chi connectivity index (χ0) is 15.1. The van der Waals surface area contributed by atoms with Crippen molar-refractivity contribution in [3.8, 4) is 0 Å². The summed E-state index contributed by atoms with van der Waals surface area (Å²) < 4.78 is 0. The molecular formula is C14H14N2O4S. The van der Waals surface area contributed by atoms with E-state index >= 15 is 0 Å². The van der Waals surface area contributed by atoms with Gasteiger partial charge in [0.2, 0.25) is 5.91 Å². The molecule has 1 fully saturated rings. The number of carbonyl (C=O) groups is 3. The first-order valence-electron chi connectivity index (χ1n) is 6.57. The van der Waals surface area contributed by atoms with E-state index in [0.717, 1.165) is 5.56 Å². The quantitative estimate of drug-likeness (QED) is 0.864. The van der Waals surface area contributed by atoms with E-state index in [-0.39, 0.29) is 11.3 Å². The lowest BCUT2D eigenvalue weighted by molar-refractivity contribution is -0.141. The zero-order valence-electron chi connectivity index (χ0n) is 11.3. The molecule has 0 aliphatic carbocycles. The monoisotopic (exact) mass is 306 g/mol. The molecule has 2 N–H and O–H groups in total. The number of amides is 2. The highest BCUT2D eigenvalue weighted by atomic mass is 32.2. The molecule has 0 radical (unpaired) electrons. The summed E-state index contributed by atoms with van der Waals surface area (Å²) >= 11 is 1.53. The lowest BCUT2D eigenvalue weighted by Crippen LogP contribution is -2.50. The van der Waals surface area contributed by atoms with E-state index in [1.165, 1.54) is 18.7 Å². The van der Waals surface area contributed by atoms with Gasteiger partial charge in [-0.15, -0.1) is 11.8 Å². The molecule has 3 atom stereocenters. The van der Waals surface area contributed by atoms with Gasteiger partial charge in [0.25, 0.3) is 5.91 Å². The number of benzene rings is 1. The predicted molar refractivity (Wildman–Crippen MR) is 76.8 cm³/mol. The molecule has 2 aliphatic heterocycles. The predicted octanol–water partition coefficient (Wildman–Crippen LogP) is 0.846. The van der Waals surface area contributed by atoms with Crippen molar-refractivity contribution in [3.05, 3.63) is 35.4 Å². The van der Waals surface area contributed by atoms with Gasteiger partial charge in [-0.1, -0.05) is 18.2 Å². The van der Waals surface area contributed by atoms with E-state index < -0.39 is 24.0 Å². The SMILES string of the molecule is C[C@H](NC(=O)[C@@H]1CS[C@@H]2c3ccccc3C(=O)N21)C(=O)O. The van der Waals surface area contributed by atoms with Gasteiger partial charge in [0.15, 0.2) is 0 Å². The molecule has 1 aromatic carbocycles. The fourth-order valence-electron chi connectivity index (χ4n) is 2.61.